The zero-order valence-corrected chi connectivity index (χ0v) is 11.0. The summed E-state index contributed by atoms with van der Waals surface area (Å²) < 4.78 is 5.25. The van der Waals surface area contributed by atoms with Crippen molar-refractivity contribution in [3.8, 4) is 5.75 Å². The molecule has 0 heterocycles. The molecule has 0 amide bonds. The molecule has 0 aliphatic heterocycles. The molecule has 0 spiro atoms. The molecule has 1 aliphatic carbocycles. The summed E-state index contributed by atoms with van der Waals surface area (Å²) in [5.74, 6) is 0.817. The van der Waals surface area contributed by atoms with Gasteiger partial charge in [-0.25, -0.2) is 0 Å². The molecule has 1 aromatic carbocycles. The predicted octanol–water partition coefficient (Wildman–Crippen LogP) is 3.48. The first-order valence-corrected chi connectivity index (χ1v) is 6.36. The van der Waals surface area contributed by atoms with E-state index < -0.39 is 5.60 Å². The smallest absolute Gasteiger partial charge is 0.119 e. The van der Waals surface area contributed by atoms with E-state index in [1.807, 2.05) is 24.3 Å². The Morgan fingerprint density at radius 3 is 2.53 bits per heavy atom. The van der Waals surface area contributed by atoms with Gasteiger partial charge in [-0.15, -0.1) is 0 Å². The second-order valence-electron chi connectivity index (χ2n) is 5.68. The van der Waals surface area contributed by atoms with E-state index in [1.165, 1.54) is 6.42 Å². The lowest BCUT2D eigenvalue weighted by molar-refractivity contribution is -0.104. The molecular formula is C15H22O2. The third kappa shape index (κ3) is 2.06. The van der Waals surface area contributed by atoms with Crippen molar-refractivity contribution in [1.82, 2.24) is 0 Å². The monoisotopic (exact) mass is 234 g/mol. The predicted molar refractivity (Wildman–Crippen MR) is 69.1 cm³/mol. The van der Waals surface area contributed by atoms with Gasteiger partial charge in [0.05, 0.1) is 12.7 Å². The Balaban J connectivity index is 2.41. The second kappa shape index (κ2) is 4.34. The van der Waals surface area contributed by atoms with Crippen molar-refractivity contribution in [2.24, 2.45) is 5.41 Å². The average molecular weight is 234 g/mol. The number of rotatable bonds is 2. The van der Waals surface area contributed by atoms with E-state index in [-0.39, 0.29) is 5.41 Å². The van der Waals surface area contributed by atoms with E-state index in [1.54, 1.807) is 7.11 Å². The summed E-state index contributed by atoms with van der Waals surface area (Å²) >= 11 is 0. The lowest BCUT2D eigenvalue weighted by atomic mass is 9.62. The average Bonchev–Trinajstić information content (AvgIpc) is 2.33. The summed E-state index contributed by atoms with van der Waals surface area (Å²) in [6.07, 6.45) is 4.21. The minimum Gasteiger partial charge on any atom is -0.497 e. The van der Waals surface area contributed by atoms with Gasteiger partial charge < -0.3 is 9.84 Å². The normalized spacial score (nSPS) is 27.8. The van der Waals surface area contributed by atoms with Crippen LogP contribution in [0.5, 0.6) is 5.75 Å². The molecule has 0 saturated heterocycles. The van der Waals surface area contributed by atoms with Crippen molar-refractivity contribution in [2.75, 3.05) is 7.11 Å². The third-order valence-corrected chi connectivity index (χ3v) is 4.26. The highest BCUT2D eigenvalue weighted by Gasteiger charge is 2.46. The van der Waals surface area contributed by atoms with Crippen LogP contribution in [0.15, 0.2) is 24.3 Å². The van der Waals surface area contributed by atoms with Gasteiger partial charge in [-0.2, -0.15) is 0 Å². The molecule has 1 N–H and O–H groups in total. The fourth-order valence-electron chi connectivity index (χ4n) is 2.91. The van der Waals surface area contributed by atoms with Gasteiger partial charge in [0.2, 0.25) is 0 Å². The van der Waals surface area contributed by atoms with Crippen LogP contribution < -0.4 is 4.74 Å². The molecule has 1 unspecified atom stereocenters. The molecule has 1 aromatic rings. The van der Waals surface area contributed by atoms with Gasteiger partial charge in [-0.3, -0.25) is 0 Å². The van der Waals surface area contributed by atoms with Gasteiger partial charge in [0, 0.05) is 0 Å². The second-order valence-corrected chi connectivity index (χ2v) is 5.68. The maximum absolute atomic E-state index is 11.0. The third-order valence-electron chi connectivity index (χ3n) is 4.26. The van der Waals surface area contributed by atoms with Crippen LogP contribution in [0.2, 0.25) is 0 Å². The van der Waals surface area contributed by atoms with Gasteiger partial charge in [0.1, 0.15) is 5.75 Å². The van der Waals surface area contributed by atoms with E-state index >= 15 is 0 Å². The van der Waals surface area contributed by atoms with Crippen LogP contribution in [-0.2, 0) is 5.60 Å². The highest BCUT2D eigenvalue weighted by Crippen LogP contribution is 2.50. The van der Waals surface area contributed by atoms with Crippen molar-refractivity contribution < 1.29 is 9.84 Å². The number of ether oxygens (including phenoxy) is 1. The first-order chi connectivity index (χ1) is 7.99. The molecule has 2 nitrogen and oxygen atoms in total. The number of methoxy groups -OCH3 is 1. The van der Waals surface area contributed by atoms with E-state index in [0.717, 1.165) is 30.6 Å². The summed E-state index contributed by atoms with van der Waals surface area (Å²) in [5.41, 5.74) is 0.193. The van der Waals surface area contributed by atoms with Crippen molar-refractivity contribution >= 4 is 0 Å². The van der Waals surface area contributed by atoms with Gasteiger partial charge in [-0.1, -0.05) is 38.8 Å². The minimum atomic E-state index is -0.722. The SMILES string of the molecule is COc1cccc(C2(O)CCCCC2(C)C)c1. The molecule has 1 saturated carbocycles. The van der Waals surface area contributed by atoms with Gasteiger partial charge in [0.15, 0.2) is 0 Å². The fourth-order valence-corrected chi connectivity index (χ4v) is 2.91. The summed E-state index contributed by atoms with van der Waals surface area (Å²) in [5, 5.41) is 11.0. The minimum absolute atomic E-state index is 0.0718. The molecule has 0 aromatic heterocycles. The molecule has 2 rings (SSSR count). The number of benzene rings is 1. The summed E-state index contributed by atoms with van der Waals surface area (Å²) in [7, 11) is 1.66. The molecule has 17 heavy (non-hydrogen) atoms. The Morgan fingerprint density at radius 1 is 1.18 bits per heavy atom. The molecule has 1 aliphatic rings. The van der Waals surface area contributed by atoms with Gasteiger partial charge in [0.25, 0.3) is 0 Å². The maximum atomic E-state index is 11.0. The highest BCUT2D eigenvalue weighted by molar-refractivity contribution is 5.34. The highest BCUT2D eigenvalue weighted by atomic mass is 16.5. The first-order valence-electron chi connectivity index (χ1n) is 6.36. The van der Waals surface area contributed by atoms with Gasteiger partial charge >= 0.3 is 0 Å². The summed E-state index contributed by atoms with van der Waals surface area (Å²) in [6.45, 7) is 4.32. The zero-order chi connectivity index (χ0) is 12.5. The molecule has 2 heteroatoms. The number of hydrogen-bond acceptors (Lipinski definition) is 2. The molecule has 1 atom stereocenters. The van der Waals surface area contributed by atoms with Crippen molar-refractivity contribution in [1.29, 1.82) is 0 Å². The van der Waals surface area contributed by atoms with Crippen LogP contribution in [-0.4, -0.2) is 12.2 Å². The Hall–Kier alpha value is -1.02. The molecule has 1 fully saturated rings. The topological polar surface area (TPSA) is 29.5 Å². The molecule has 94 valence electrons. The Bertz CT molecular complexity index is 398. The Morgan fingerprint density at radius 2 is 1.88 bits per heavy atom. The van der Waals surface area contributed by atoms with Gasteiger partial charge in [-0.05, 0) is 36.0 Å². The standard InChI is InChI=1S/C15H22O2/c1-14(2)9-4-5-10-15(14,16)12-7-6-8-13(11-12)17-3/h6-8,11,16H,4-5,9-10H2,1-3H3. The van der Waals surface area contributed by atoms with Crippen molar-refractivity contribution in [2.45, 2.75) is 45.1 Å². The lowest BCUT2D eigenvalue weighted by Gasteiger charge is -2.47. The van der Waals surface area contributed by atoms with E-state index in [4.69, 9.17) is 4.74 Å². The zero-order valence-electron chi connectivity index (χ0n) is 11.0. The largest absolute Gasteiger partial charge is 0.497 e. The van der Waals surface area contributed by atoms with E-state index in [2.05, 4.69) is 13.8 Å². The Kier molecular flexibility index (Phi) is 3.17. The van der Waals surface area contributed by atoms with Crippen LogP contribution in [0.1, 0.15) is 45.1 Å². The van der Waals surface area contributed by atoms with Crippen LogP contribution in [0.25, 0.3) is 0 Å². The Labute approximate surface area is 104 Å². The van der Waals surface area contributed by atoms with Crippen molar-refractivity contribution in [3.05, 3.63) is 29.8 Å². The van der Waals surface area contributed by atoms with E-state index in [9.17, 15) is 5.11 Å². The molecule has 0 radical (unpaired) electrons. The van der Waals surface area contributed by atoms with Crippen LogP contribution in [0.3, 0.4) is 0 Å². The van der Waals surface area contributed by atoms with E-state index in [0.29, 0.717) is 0 Å². The van der Waals surface area contributed by atoms with Crippen molar-refractivity contribution in [3.63, 3.8) is 0 Å². The fraction of sp³-hybridized carbons (Fsp3) is 0.600. The maximum Gasteiger partial charge on any atom is 0.119 e. The number of aliphatic hydroxyl groups is 1. The quantitative estimate of drug-likeness (QED) is 0.849. The molecule has 0 bridgehead atoms. The first kappa shape index (κ1) is 12.4. The molecular weight excluding hydrogens is 212 g/mol. The summed E-state index contributed by atoms with van der Waals surface area (Å²) in [6, 6.07) is 7.85. The summed E-state index contributed by atoms with van der Waals surface area (Å²) in [4.78, 5) is 0. The van der Waals surface area contributed by atoms with Crippen LogP contribution in [0.4, 0.5) is 0 Å². The lowest BCUT2D eigenvalue weighted by Crippen LogP contribution is -2.44. The van der Waals surface area contributed by atoms with Crippen LogP contribution >= 0.6 is 0 Å². The van der Waals surface area contributed by atoms with Crippen LogP contribution in [0, 0.1) is 5.41 Å². The number of hydrogen-bond donors (Lipinski definition) is 1.